The number of hydrogen-bond donors (Lipinski definition) is 2. The Morgan fingerprint density at radius 1 is 1.07 bits per heavy atom. The fourth-order valence-corrected chi connectivity index (χ4v) is 3.33. The van der Waals surface area contributed by atoms with Gasteiger partial charge in [0, 0.05) is 30.5 Å². The molecule has 2 aromatic rings. The number of amides is 2. The molecular formula is C20H20F3N3O3. The summed E-state index contributed by atoms with van der Waals surface area (Å²) in [4.78, 5) is 28.7. The number of ether oxygens (including phenoxy) is 1. The minimum Gasteiger partial charge on any atom is -0.406 e. The van der Waals surface area contributed by atoms with Crippen LogP contribution in [0.15, 0.2) is 48.8 Å². The molecule has 1 aromatic carbocycles. The number of pyridine rings is 1. The second-order valence-electron chi connectivity index (χ2n) is 6.76. The highest BCUT2D eigenvalue weighted by Gasteiger charge is 2.34. The molecule has 0 bridgehead atoms. The molecule has 1 fully saturated rings. The number of benzene rings is 1. The van der Waals surface area contributed by atoms with Gasteiger partial charge < -0.3 is 15.4 Å². The summed E-state index contributed by atoms with van der Waals surface area (Å²) < 4.78 is 40.4. The van der Waals surface area contributed by atoms with Crippen LogP contribution in [0.3, 0.4) is 0 Å². The quantitative estimate of drug-likeness (QED) is 0.771. The molecule has 0 aliphatic heterocycles. The minimum absolute atomic E-state index is 0.173. The molecule has 154 valence electrons. The molecule has 0 unspecified atom stereocenters. The van der Waals surface area contributed by atoms with Crippen molar-refractivity contribution in [1.82, 2.24) is 15.6 Å². The third-order valence-electron chi connectivity index (χ3n) is 4.74. The summed E-state index contributed by atoms with van der Waals surface area (Å²) in [5.74, 6) is -1.12. The van der Waals surface area contributed by atoms with Gasteiger partial charge in [-0.25, -0.2) is 0 Å². The molecule has 1 aromatic heterocycles. The Morgan fingerprint density at radius 2 is 1.76 bits per heavy atom. The van der Waals surface area contributed by atoms with Crippen LogP contribution in [-0.4, -0.2) is 29.2 Å². The van der Waals surface area contributed by atoms with Crippen molar-refractivity contribution in [3.05, 3.63) is 59.9 Å². The van der Waals surface area contributed by atoms with Crippen LogP contribution in [0.2, 0.25) is 0 Å². The highest BCUT2D eigenvalue weighted by atomic mass is 19.4. The van der Waals surface area contributed by atoms with E-state index < -0.39 is 6.36 Å². The van der Waals surface area contributed by atoms with E-state index in [9.17, 15) is 22.8 Å². The molecule has 0 saturated heterocycles. The third-order valence-corrected chi connectivity index (χ3v) is 4.74. The lowest BCUT2D eigenvalue weighted by atomic mass is 10.0. The zero-order valence-electron chi connectivity index (χ0n) is 15.4. The second-order valence-corrected chi connectivity index (χ2v) is 6.76. The lowest BCUT2D eigenvalue weighted by Crippen LogP contribution is -2.43. The predicted octanol–water partition coefficient (Wildman–Crippen LogP) is 3.20. The number of aromatic nitrogens is 1. The molecule has 0 radical (unpaired) electrons. The minimum atomic E-state index is -4.74. The van der Waals surface area contributed by atoms with Crippen LogP contribution in [0.25, 0.3) is 0 Å². The van der Waals surface area contributed by atoms with Gasteiger partial charge in [-0.2, -0.15) is 0 Å². The SMILES string of the molecule is O=C(N[C@@H]1CCC[C@@H]1C(=O)NCc1ccc(OC(F)(F)F)cc1)c1ccncc1. The van der Waals surface area contributed by atoms with Crippen molar-refractivity contribution in [2.24, 2.45) is 5.92 Å². The number of carbonyl (C=O) groups excluding carboxylic acids is 2. The molecule has 2 amide bonds. The Morgan fingerprint density at radius 3 is 2.41 bits per heavy atom. The topological polar surface area (TPSA) is 80.3 Å². The van der Waals surface area contributed by atoms with E-state index >= 15 is 0 Å². The Labute approximate surface area is 165 Å². The number of nitrogens with one attached hydrogen (secondary N) is 2. The molecule has 0 spiro atoms. The van der Waals surface area contributed by atoms with E-state index in [1.807, 2.05) is 0 Å². The third kappa shape index (κ3) is 5.94. The molecule has 1 heterocycles. The van der Waals surface area contributed by atoms with Gasteiger partial charge in [0.1, 0.15) is 5.75 Å². The van der Waals surface area contributed by atoms with Gasteiger partial charge in [0.2, 0.25) is 5.91 Å². The molecule has 6 nitrogen and oxygen atoms in total. The van der Waals surface area contributed by atoms with Crippen LogP contribution in [0.1, 0.15) is 35.2 Å². The molecule has 3 rings (SSSR count). The van der Waals surface area contributed by atoms with E-state index in [0.29, 0.717) is 24.0 Å². The smallest absolute Gasteiger partial charge is 0.406 e. The van der Waals surface area contributed by atoms with E-state index in [1.54, 1.807) is 12.1 Å². The van der Waals surface area contributed by atoms with Crippen LogP contribution in [0.5, 0.6) is 5.75 Å². The van der Waals surface area contributed by atoms with Crippen molar-refractivity contribution in [3.63, 3.8) is 0 Å². The normalized spacial score (nSPS) is 18.9. The number of carbonyl (C=O) groups is 2. The lowest BCUT2D eigenvalue weighted by Gasteiger charge is -2.20. The Bertz CT molecular complexity index is 842. The zero-order valence-corrected chi connectivity index (χ0v) is 15.4. The Balaban J connectivity index is 1.52. The van der Waals surface area contributed by atoms with Gasteiger partial charge in [0.15, 0.2) is 0 Å². The van der Waals surface area contributed by atoms with Crippen molar-refractivity contribution in [3.8, 4) is 5.75 Å². The summed E-state index contributed by atoms with van der Waals surface area (Å²) >= 11 is 0. The monoisotopic (exact) mass is 407 g/mol. The summed E-state index contributed by atoms with van der Waals surface area (Å²) in [5.41, 5.74) is 1.12. The summed E-state index contributed by atoms with van der Waals surface area (Å²) in [7, 11) is 0. The van der Waals surface area contributed by atoms with Crippen molar-refractivity contribution in [1.29, 1.82) is 0 Å². The fourth-order valence-electron chi connectivity index (χ4n) is 3.33. The Hall–Kier alpha value is -3.10. The van der Waals surface area contributed by atoms with Gasteiger partial charge in [0.05, 0.1) is 5.92 Å². The second kappa shape index (κ2) is 8.93. The number of rotatable bonds is 6. The van der Waals surface area contributed by atoms with Crippen molar-refractivity contribution < 1.29 is 27.5 Å². The first-order valence-electron chi connectivity index (χ1n) is 9.15. The molecule has 1 saturated carbocycles. The van der Waals surface area contributed by atoms with Crippen LogP contribution < -0.4 is 15.4 Å². The van der Waals surface area contributed by atoms with E-state index in [4.69, 9.17) is 0 Å². The van der Waals surface area contributed by atoms with Gasteiger partial charge >= 0.3 is 6.36 Å². The van der Waals surface area contributed by atoms with E-state index in [1.165, 1.54) is 36.7 Å². The molecule has 9 heteroatoms. The highest BCUT2D eigenvalue weighted by Crippen LogP contribution is 2.27. The average molecular weight is 407 g/mol. The van der Waals surface area contributed by atoms with Crippen LogP contribution in [0.4, 0.5) is 13.2 Å². The predicted molar refractivity (Wildman–Crippen MR) is 97.8 cm³/mol. The Kier molecular flexibility index (Phi) is 6.36. The van der Waals surface area contributed by atoms with Crippen molar-refractivity contribution >= 4 is 11.8 Å². The van der Waals surface area contributed by atoms with Crippen LogP contribution in [-0.2, 0) is 11.3 Å². The largest absolute Gasteiger partial charge is 0.573 e. The maximum atomic E-state index is 12.6. The van der Waals surface area contributed by atoms with E-state index in [2.05, 4.69) is 20.4 Å². The van der Waals surface area contributed by atoms with Crippen LogP contribution in [0, 0.1) is 5.92 Å². The number of nitrogens with zero attached hydrogens (tertiary/aromatic N) is 1. The van der Waals surface area contributed by atoms with Gasteiger partial charge in [-0.1, -0.05) is 18.6 Å². The molecule has 29 heavy (non-hydrogen) atoms. The van der Waals surface area contributed by atoms with E-state index in [0.717, 1.165) is 6.42 Å². The molecular weight excluding hydrogens is 387 g/mol. The maximum Gasteiger partial charge on any atom is 0.573 e. The first-order chi connectivity index (χ1) is 13.8. The van der Waals surface area contributed by atoms with Gasteiger partial charge in [-0.15, -0.1) is 13.2 Å². The first-order valence-corrected chi connectivity index (χ1v) is 9.15. The molecule has 2 atom stereocenters. The fraction of sp³-hybridized carbons (Fsp3) is 0.350. The summed E-state index contributed by atoms with van der Waals surface area (Å²) in [5, 5.41) is 5.69. The van der Waals surface area contributed by atoms with Gasteiger partial charge in [-0.3, -0.25) is 14.6 Å². The number of halogens is 3. The molecule has 1 aliphatic rings. The summed E-state index contributed by atoms with van der Waals surface area (Å²) in [6.07, 6.45) is 0.498. The summed E-state index contributed by atoms with van der Waals surface area (Å²) in [6, 6.07) is 8.25. The number of alkyl halides is 3. The van der Waals surface area contributed by atoms with Crippen molar-refractivity contribution in [2.45, 2.75) is 38.2 Å². The molecule has 2 N–H and O–H groups in total. The van der Waals surface area contributed by atoms with Crippen molar-refractivity contribution in [2.75, 3.05) is 0 Å². The number of hydrogen-bond acceptors (Lipinski definition) is 4. The highest BCUT2D eigenvalue weighted by molar-refractivity contribution is 5.94. The average Bonchev–Trinajstić information content (AvgIpc) is 3.15. The molecule has 1 aliphatic carbocycles. The standard InChI is InChI=1S/C20H20F3N3O3/c21-20(22,23)29-15-6-4-13(5-7-15)12-25-19(28)16-2-1-3-17(16)26-18(27)14-8-10-24-11-9-14/h4-11,16-17H,1-3,12H2,(H,25,28)(H,26,27)/t16-,17+/m0/s1. The van der Waals surface area contributed by atoms with Crippen LogP contribution >= 0.6 is 0 Å². The van der Waals surface area contributed by atoms with Gasteiger partial charge in [0.25, 0.3) is 5.91 Å². The first kappa shape index (κ1) is 20.6. The van der Waals surface area contributed by atoms with E-state index in [-0.39, 0.29) is 36.1 Å². The van der Waals surface area contributed by atoms with Gasteiger partial charge in [-0.05, 0) is 42.7 Å². The zero-order chi connectivity index (χ0) is 20.9. The summed E-state index contributed by atoms with van der Waals surface area (Å²) in [6.45, 7) is 0.173. The lowest BCUT2D eigenvalue weighted by molar-refractivity contribution is -0.274. The maximum absolute atomic E-state index is 12.6.